The summed E-state index contributed by atoms with van der Waals surface area (Å²) in [4.78, 5) is 4.05. The maximum atomic E-state index is 12.2. The maximum Gasteiger partial charge on any atom is 0.275 e. The molecule has 2 aliphatic carbocycles. The van der Waals surface area contributed by atoms with Crippen LogP contribution in [0.15, 0.2) is 34.2 Å². The highest BCUT2D eigenvalue weighted by atomic mass is 32.2. The quantitative estimate of drug-likeness (QED) is 0.874. The van der Waals surface area contributed by atoms with Gasteiger partial charge in [0.25, 0.3) is 15.1 Å². The van der Waals surface area contributed by atoms with Crippen LogP contribution >= 0.6 is 0 Å². The minimum Gasteiger partial charge on any atom is -0.428 e. The number of aromatic nitrogens is 3. The molecule has 118 valence electrons. The lowest BCUT2D eigenvalue weighted by Crippen LogP contribution is -2.37. The Balaban J connectivity index is 1.31. The largest absolute Gasteiger partial charge is 0.428 e. The van der Waals surface area contributed by atoms with E-state index in [1.807, 2.05) is 16.9 Å². The van der Waals surface area contributed by atoms with Crippen LogP contribution < -0.4 is 4.72 Å². The normalized spacial score (nSPS) is 25.1. The van der Waals surface area contributed by atoms with E-state index < -0.39 is 10.0 Å². The Morgan fingerprint density at radius 1 is 1.36 bits per heavy atom. The first-order valence-corrected chi connectivity index (χ1v) is 9.04. The van der Waals surface area contributed by atoms with Crippen LogP contribution in [0.3, 0.4) is 0 Å². The highest BCUT2D eigenvalue weighted by molar-refractivity contribution is 7.89. The number of hydrogen-bond donors (Lipinski definition) is 1. The van der Waals surface area contributed by atoms with Gasteiger partial charge in [0.1, 0.15) is 0 Å². The monoisotopic (exact) mass is 322 g/mol. The topological polar surface area (TPSA) is 90.0 Å². The molecule has 2 saturated carbocycles. The summed E-state index contributed by atoms with van der Waals surface area (Å²) >= 11 is 0. The van der Waals surface area contributed by atoms with Gasteiger partial charge >= 0.3 is 0 Å². The molecule has 4 rings (SSSR count). The molecule has 22 heavy (non-hydrogen) atoms. The summed E-state index contributed by atoms with van der Waals surface area (Å²) in [5.41, 5.74) is 0. The van der Waals surface area contributed by atoms with Crippen LogP contribution in [0.4, 0.5) is 0 Å². The van der Waals surface area contributed by atoms with Crippen molar-refractivity contribution in [2.75, 3.05) is 6.54 Å². The zero-order chi connectivity index (χ0) is 15.2. The van der Waals surface area contributed by atoms with Crippen molar-refractivity contribution in [2.45, 2.75) is 42.7 Å². The Labute approximate surface area is 128 Å². The predicted octanol–water partition coefficient (Wildman–Crippen LogP) is 1.68. The van der Waals surface area contributed by atoms with Crippen LogP contribution in [0.5, 0.6) is 0 Å². The molecule has 2 aromatic rings. The molecule has 2 aliphatic rings. The van der Waals surface area contributed by atoms with Gasteiger partial charge in [0, 0.05) is 24.9 Å². The fourth-order valence-corrected chi connectivity index (χ4v) is 3.78. The summed E-state index contributed by atoms with van der Waals surface area (Å²) in [7, 11) is -3.59. The van der Waals surface area contributed by atoms with E-state index >= 15 is 0 Å². The van der Waals surface area contributed by atoms with Gasteiger partial charge in [-0.1, -0.05) is 0 Å². The summed E-state index contributed by atoms with van der Waals surface area (Å²) in [5.74, 6) is 1.20. The van der Waals surface area contributed by atoms with Gasteiger partial charge in [-0.15, -0.1) is 0 Å². The third-order valence-corrected chi connectivity index (χ3v) is 5.63. The van der Waals surface area contributed by atoms with Crippen molar-refractivity contribution in [3.05, 3.63) is 30.5 Å². The number of oxazole rings is 1. The number of rotatable bonds is 6. The molecular weight excluding hydrogens is 304 g/mol. The van der Waals surface area contributed by atoms with E-state index in [0.29, 0.717) is 30.3 Å². The van der Waals surface area contributed by atoms with E-state index in [9.17, 15) is 8.42 Å². The van der Waals surface area contributed by atoms with Crippen molar-refractivity contribution < 1.29 is 12.8 Å². The summed E-state index contributed by atoms with van der Waals surface area (Å²) in [6.45, 7) is 0.430. The molecule has 7 nitrogen and oxygen atoms in total. The first-order chi connectivity index (χ1) is 10.6. The van der Waals surface area contributed by atoms with Gasteiger partial charge in [0.2, 0.25) is 0 Å². The second-order valence-corrected chi connectivity index (χ2v) is 7.82. The molecule has 2 fully saturated rings. The van der Waals surface area contributed by atoms with Crippen molar-refractivity contribution in [1.82, 2.24) is 19.5 Å². The van der Waals surface area contributed by atoms with Crippen molar-refractivity contribution in [2.24, 2.45) is 5.92 Å². The molecule has 0 radical (unpaired) electrons. The Hall–Kier alpha value is -1.67. The van der Waals surface area contributed by atoms with Gasteiger partial charge < -0.3 is 4.42 Å². The van der Waals surface area contributed by atoms with E-state index in [-0.39, 0.29) is 5.09 Å². The van der Waals surface area contributed by atoms with Crippen molar-refractivity contribution in [3.8, 4) is 0 Å². The molecule has 0 unspecified atom stereocenters. The average Bonchev–Trinajstić information content (AvgIpc) is 2.97. The van der Waals surface area contributed by atoms with Crippen LogP contribution in [0.1, 0.15) is 43.5 Å². The fraction of sp³-hybridized carbons (Fsp3) is 0.571. The molecule has 0 bridgehead atoms. The Kier molecular flexibility index (Phi) is 3.30. The predicted molar refractivity (Wildman–Crippen MR) is 77.7 cm³/mol. The second kappa shape index (κ2) is 5.20. The van der Waals surface area contributed by atoms with Crippen LogP contribution in [-0.2, 0) is 10.0 Å². The third kappa shape index (κ3) is 2.68. The second-order valence-electron chi connectivity index (χ2n) is 6.12. The zero-order valence-electron chi connectivity index (χ0n) is 12.1. The fourth-order valence-electron chi connectivity index (χ4n) is 2.79. The lowest BCUT2D eigenvalue weighted by Gasteiger charge is -2.35. The minimum atomic E-state index is -3.59. The summed E-state index contributed by atoms with van der Waals surface area (Å²) in [6.07, 6.45) is 8.95. The summed E-state index contributed by atoms with van der Waals surface area (Å²) in [5, 5.41) is 4.14. The molecular formula is C14H18N4O3S. The minimum absolute atomic E-state index is 0.0719. The molecule has 2 heterocycles. The van der Waals surface area contributed by atoms with E-state index in [2.05, 4.69) is 14.8 Å². The number of nitrogens with zero attached hydrogens (tertiary/aromatic N) is 3. The van der Waals surface area contributed by atoms with Gasteiger partial charge in [-0.25, -0.2) is 18.1 Å². The van der Waals surface area contributed by atoms with Gasteiger partial charge in [-0.3, -0.25) is 4.68 Å². The molecule has 1 N–H and O–H groups in total. The standard InChI is InChI=1S/C14H18N4O3S/c19-22(20,13-9-15-14(21-13)11-2-3-11)17-8-10-6-12(7-10)18-5-1-4-16-18/h1,4-5,9-12,17H,2-3,6-8H2. The smallest absolute Gasteiger partial charge is 0.275 e. The highest BCUT2D eigenvalue weighted by Gasteiger charge is 2.33. The number of sulfonamides is 1. The zero-order valence-corrected chi connectivity index (χ0v) is 12.9. The summed E-state index contributed by atoms with van der Waals surface area (Å²) in [6, 6.07) is 2.29. The van der Waals surface area contributed by atoms with Crippen LogP contribution in [0, 0.1) is 5.92 Å². The van der Waals surface area contributed by atoms with E-state index in [1.54, 1.807) is 6.20 Å². The Morgan fingerprint density at radius 3 is 2.86 bits per heavy atom. The van der Waals surface area contributed by atoms with Gasteiger partial charge in [0.05, 0.1) is 12.2 Å². The number of nitrogens with one attached hydrogen (secondary N) is 1. The SMILES string of the molecule is O=S(=O)(NCC1CC(n2cccn2)C1)c1cnc(C2CC2)o1. The first kappa shape index (κ1) is 14.0. The van der Waals surface area contributed by atoms with E-state index in [4.69, 9.17) is 4.42 Å². The maximum absolute atomic E-state index is 12.2. The van der Waals surface area contributed by atoms with E-state index in [0.717, 1.165) is 25.7 Å². The Morgan fingerprint density at radius 2 is 2.18 bits per heavy atom. The van der Waals surface area contributed by atoms with Gasteiger partial charge in [-0.2, -0.15) is 5.10 Å². The van der Waals surface area contributed by atoms with Gasteiger partial charge in [-0.05, 0) is 37.7 Å². The Bertz CT molecular complexity index is 743. The van der Waals surface area contributed by atoms with Crippen LogP contribution in [0.25, 0.3) is 0 Å². The van der Waals surface area contributed by atoms with Gasteiger partial charge in [0.15, 0.2) is 5.89 Å². The third-order valence-electron chi connectivity index (χ3n) is 4.37. The molecule has 0 amide bonds. The molecule has 8 heteroatoms. The lowest BCUT2D eigenvalue weighted by molar-refractivity contribution is 0.185. The van der Waals surface area contributed by atoms with Crippen molar-refractivity contribution in [3.63, 3.8) is 0 Å². The average molecular weight is 322 g/mol. The highest BCUT2D eigenvalue weighted by Crippen LogP contribution is 2.40. The molecule has 0 atom stereocenters. The van der Waals surface area contributed by atoms with Crippen molar-refractivity contribution >= 4 is 10.0 Å². The van der Waals surface area contributed by atoms with Crippen LogP contribution in [-0.4, -0.2) is 29.7 Å². The van der Waals surface area contributed by atoms with Crippen molar-refractivity contribution in [1.29, 1.82) is 0 Å². The summed E-state index contributed by atoms with van der Waals surface area (Å²) < 4.78 is 34.3. The molecule has 2 aromatic heterocycles. The van der Waals surface area contributed by atoms with Crippen LogP contribution in [0.2, 0.25) is 0 Å². The molecule has 0 spiro atoms. The van der Waals surface area contributed by atoms with E-state index in [1.165, 1.54) is 6.20 Å². The molecule has 0 saturated heterocycles. The molecule has 0 aromatic carbocycles. The number of hydrogen-bond acceptors (Lipinski definition) is 5. The molecule has 0 aliphatic heterocycles. The first-order valence-electron chi connectivity index (χ1n) is 7.56. The lowest BCUT2D eigenvalue weighted by atomic mass is 9.80.